The van der Waals surface area contributed by atoms with E-state index in [-0.39, 0.29) is 0 Å². The van der Waals surface area contributed by atoms with E-state index in [1.807, 2.05) is 12.3 Å². The van der Waals surface area contributed by atoms with E-state index in [4.69, 9.17) is 4.74 Å². The molecular weight excluding hydrogens is 267 g/mol. The lowest BCUT2D eigenvalue weighted by Gasteiger charge is -1.96. The number of pyridine rings is 1. The number of hydrogen-bond acceptors (Lipinski definition) is 2. The summed E-state index contributed by atoms with van der Waals surface area (Å²) in [4.78, 5) is 7.20. The normalized spacial score (nSPS) is 10.5. The maximum absolute atomic E-state index is 5.02. The van der Waals surface area contributed by atoms with E-state index in [1.54, 1.807) is 13.3 Å². The molecule has 0 bridgehead atoms. The zero-order chi connectivity index (χ0) is 8.55. The van der Waals surface area contributed by atoms with E-state index in [0.29, 0.717) is 5.88 Å². The molecule has 0 aliphatic heterocycles. The SMILES string of the molecule is COc1cc2c(I)c[nH]c2cn1. The minimum atomic E-state index is 0.653. The van der Waals surface area contributed by atoms with Crippen LogP contribution in [0, 0.1) is 3.57 Å². The van der Waals surface area contributed by atoms with Gasteiger partial charge in [0, 0.05) is 21.2 Å². The lowest BCUT2D eigenvalue weighted by molar-refractivity contribution is 0.398. The van der Waals surface area contributed by atoms with Gasteiger partial charge in [0.05, 0.1) is 18.8 Å². The van der Waals surface area contributed by atoms with Crippen LogP contribution >= 0.6 is 22.6 Å². The highest BCUT2D eigenvalue weighted by Crippen LogP contribution is 2.22. The van der Waals surface area contributed by atoms with Crippen molar-refractivity contribution in [2.24, 2.45) is 0 Å². The number of nitrogens with zero attached hydrogens (tertiary/aromatic N) is 1. The number of fused-ring (bicyclic) bond motifs is 1. The molecule has 0 aliphatic carbocycles. The van der Waals surface area contributed by atoms with E-state index >= 15 is 0 Å². The third-order valence-corrected chi connectivity index (χ3v) is 2.59. The fourth-order valence-electron chi connectivity index (χ4n) is 1.08. The second kappa shape index (κ2) is 2.93. The Kier molecular flexibility index (Phi) is 1.92. The topological polar surface area (TPSA) is 37.9 Å². The molecule has 0 saturated carbocycles. The van der Waals surface area contributed by atoms with Crippen molar-refractivity contribution in [3.8, 4) is 5.88 Å². The Balaban J connectivity index is 2.71. The molecule has 62 valence electrons. The van der Waals surface area contributed by atoms with Gasteiger partial charge in [0.2, 0.25) is 5.88 Å². The van der Waals surface area contributed by atoms with Crippen molar-refractivity contribution in [2.45, 2.75) is 0 Å². The summed E-state index contributed by atoms with van der Waals surface area (Å²) in [5.41, 5.74) is 1.04. The third kappa shape index (κ3) is 1.16. The van der Waals surface area contributed by atoms with Gasteiger partial charge >= 0.3 is 0 Å². The third-order valence-electron chi connectivity index (χ3n) is 1.70. The zero-order valence-electron chi connectivity index (χ0n) is 6.47. The van der Waals surface area contributed by atoms with Gasteiger partial charge in [0.15, 0.2) is 0 Å². The first-order valence-electron chi connectivity index (χ1n) is 3.48. The van der Waals surface area contributed by atoms with Gasteiger partial charge in [-0.2, -0.15) is 0 Å². The highest BCUT2D eigenvalue weighted by molar-refractivity contribution is 14.1. The number of methoxy groups -OCH3 is 1. The summed E-state index contributed by atoms with van der Waals surface area (Å²) >= 11 is 2.27. The monoisotopic (exact) mass is 274 g/mol. The van der Waals surface area contributed by atoms with Gasteiger partial charge in [0.1, 0.15) is 0 Å². The average molecular weight is 274 g/mol. The van der Waals surface area contributed by atoms with Crippen molar-refractivity contribution in [3.63, 3.8) is 0 Å². The van der Waals surface area contributed by atoms with Crippen LogP contribution < -0.4 is 4.74 Å². The molecule has 0 amide bonds. The molecule has 0 aromatic carbocycles. The minimum absolute atomic E-state index is 0.653. The predicted molar refractivity (Wildman–Crippen MR) is 55.4 cm³/mol. The summed E-state index contributed by atoms with van der Waals surface area (Å²) in [5.74, 6) is 0.653. The van der Waals surface area contributed by atoms with E-state index < -0.39 is 0 Å². The van der Waals surface area contributed by atoms with Crippen LogP contribution in [0.4, 0.5) is 0 Å². The Hall–Kier alpha value is -0.780. The molecule has 1 N–H and O–H groups in total. The molecule has 0 spiro atoms. The van der Waals surface area contributed by atoms with Crippen molar-refractivity contribution in [1.82, 2.24) is 9.97 Å². The van der Waals surface area contributed by atoms with Crippen LogP contribution in [0.5, 0.6) is 5.88 Å². The summed E-state index contributed by atoms with van der Waals surface area (Å²) < 4.78 is 6.20. The highest BCUT2D eigenvalue weighted by Gasteiger charge is 2.02. The number of ether oxygens (including phenoxy) is 1. The number of aromatic nitrogens is 2. The number of H-pyrrole nitrogens is 1. The summed E-state index contributed by atoms with van der Waals surface area (Å²) in [6.07, 6.45) is 3.72. The van der Waals surface area contributed by atoms with Crippen LogP contribution in [0.25, 0.3) is 10.9 Å². The number of halogens is 1. The van der Waals surface area contributed by atoms with E-state index in [2.05, 4.69) is 32.6 Å². The molecule has 0 unspecified atom stereocenters. The van der Waals surface area contributed by atoms with Gasteiger partial charge in [-0.25, -0.2) is 4.98 Å². The predicted octanol–water partition coefficient (Wildman–Crippen LogP) is 2.18. The quantitative estimate of drug-likeness (QED) is 0.809. The van der Waals surface area contributed by atoms with Crippen molar-refractivity contribution in [3.05, 3.63) is 22.0 Å². The first-order valence-corrected chi connectivity index (χ1v) is 4.56. The molecule has 2 heterocycles. The van der Waals surface area contributed by atoms with Gasteiger partial charge in [-0.15, -0.1) is 0 Å². The standard InChI is InChI=1S/C8H7IN2O/c1-12-8-2-5-6(9)3-10-7(5)4-11-8/h2-4,10H,1H3. The molecule has 2 aromatic rings. The summed E-state index contributed by atoms with van der Waals surface area (Å²) in [7, 11) is 1.62. The van der Waals surface area contributed by atoms with Crippen LogP contribution in [-0.4, -0.2) is 17.1 Å². The number of rotatable bonds is 1. The molecule has 2 aromatic heterocycles. The van der Waals surface area contributed by atoms with Crippen LogP contribution in [0.15, 0.2) is 18.5 Å². The fourth-order valence-corrected chi connectivity index (χ4v) is 1.68. The molecule has 2 rings (SSSR count). The van der Waals surface area contributed by atoms with Crippen LogP contribution in [-0.2, 0) is 0 Å². The summed E-state index contributed by atoms with van der Waals surface area (Å²) in [5, 5.41) is 1.16. The average Bonchev–Trinajstić information content (AvgIpc) is 2.47. The van der Waals surface area contributed by atoms with E-state index in [0.717, 1.165) is 10.9 Å². The van der Waals surface area contributed by atoms with Gasteiger partial charge in [-0.1, -0.05) is 0 Å². The Morgan fingerprint density at radius 1 is 1.58 bits per heavy atom. The Morgan fingerprint density at radius 3 is 3.17 bits per heavy atom. The van der Waals surface area contributed by atoms with Crippen LogP contribution in [0.1, 0.15) is 0 Å². The van der Waals surface area contributed by atoms with E-state index in [1.165, 1.54) is 3.57 Å². The van der Waals surface area contributed by atoms with E-state index in [9.17, 15) is 0 Å². The molecule has 0 aliphatic rings. The summed E-state index contributed by atoms with van der Waals surface area (Å²) in [6, 6.07) is 1.92. The van der Waals surface area contributed by atoms with Crippen LogP contribution in [0.2, 0.25) is 0 Å². The Labute approximate surface area is 83.3 Å². The molecule has 0 radical (unpaired) electrons. The van der Waals surface area contributed by atoms with Crippen molar-refractivity contribution < 1.29 is 4.74 Å². The molecule has 0 fully saturated rings. The molecule has 12 heavy (non-hydrogen) atoms. The zero-order valence-corrected chi connectivity index (χ0v) is 8.62. The van der Waals surface area contributed by atoms with Crippen LogP contribution in [0.3, 0.4) is 0 Å². The van der Waals surface area contributed by atoms with Crippen molar-refractivity contribution in [2.75, 3.05) is 7.11 Å². The molecule has 0 saturated heterocycles. The van der Waals surface area contributed by atoms with Gasteiger partial charge in [-0.3, -0.25) is 0 Å². The molecule has 3 nitrogen and oxygen atoms in total. The first-order chi connectivity index (χ1) is 5.81. The lowest BCUT2D eigenvalue weighted by atomic mass is 10.3. The van der Waals surface area contributed by atoms with Gasteiger partial charge in [-0.05, 0) is 22.6 Å². The number of hydrogen-bond donors (Lipinski definition) is 1. The molecule has 4 heteroatoms. The fraction of sp³-hybridized carbons (Fsp3) is 0.125. The second-order valence-electron chi connectivity index (χ2n) is 2.41. The summed E-state index contributed by atoms with van der Waals surface area (Å²) in [6.45, 7) is 0. The lowest BCUT2D eigenvalue weighted by Crippen LogP contribution is -1.85. The van der Waals surface area contributed by atoms with Crippen molar-refractivity contribution >= 4 is 33.5 Å². The minimum Gasteiger partial charge on any atom is -0.481 e. The number of nitrogens with one attached hydrogen (secondary N) is 1. The van der Waals surface area contributed by atoms with Crippen molar-refractivity contribution in [1.29, 1.82) is 0 Å². The Bertz CT molecular complexity index is 410. The first kappa shape index (κ1) is 7.85. The number of aromatic amines is 1. The molecule has 0 atom stereocenters. The Morgan fingerprint density at radius 2 is 2.42 bits per heavy atom. The maximum Gasteiger partial charge on any atom is 0.213 e. The smallest absolute Gasteiger partial charge is 0.213 e. The maximum atomic E-state index is 5.02. The largest absolute Gasteiger partial charge is 0.481 e. The molecular formula is C8H7IN2O. The van der Waals surface area contributed by atoms with Gasteiger partial charge in [0.25, 0.3) is 0 Å². The van der Waals surface area contributed by atoms with Gasteiger partial charge < -0.3 is 9.72 Å². The second-order valence-corrected chi connectivity index (χ2v) is 3.57. The highest BCUT2D eigenvalue weighted by atomic mass is 127.